The van der Waals surface area contributed by atoms with E-state index in [9.17, 15) is 4.79 Å². The molecule has 1 amide bonds. The summed E-state index contributed by atoms with van der Waals surface area (Å²) >= 11 is 6.41. The van der Waals surface area contributed by atoms with Gasteiger partial charge in [-0.25, -0.2) is 9.97 Å². The SMILES string of the molecule is O=C(Nc1cc(-c2cccc(NCC3CCOCC3)n2)c(Cl)cn1)C1CCCNC1. The highest BCUT2D eigenvalue weighted by molar-refractivity contribution is 6.33. The van der Waals surface area contributed by atoms with E-state index in [4.69, 9.17) is 21.3 Å². The summed E-state index contributed by atoms with van der Waals surface area (Å²) in [4.78, 5) is 21.5. The minimum absolute atomic E-state index is 0.0113. The number of aromatic nitrogens is 2. The number of carbonyl (C=O) groups is 1. The van der Waals surface area contributed by atoms with Crippen molar-refractivity contribution < 1.29 is 9.53 Å². The fourth-order valence-electron chi connectivity index (χ4n) is 3.89. The zero-order valence-corrected chi connectivity index (χ0v) is 17.8. The molecule has 1 unspecified atom stereocenters. The van der Waals surface area contributed by atoms with Crippen LogP contribution in [0.25, 0.3) is 11.3 Å². The van der Waals surface area contributed by atoms with Gasteiger partial charge in [0.1, 0.15) is 11.6 Å². The number of anilines is 2. The lowest BCUT2D eigenvalue weighted by Gasteiger charge is -2.22. The highest BCUT2D eigenvalue weighted by Gasteiger charge is 2.21. The highest BCUT2D eigenvalue weighted by Crippen LogP contribution is 2.29. The zero-order chi connectivity index (χ0) is 20.8. The minimum Gasteiger partial charge on any atom is -0.381 e. The molecule has 0 spiro atoms. The van der Waals surface area contributed by atoms with Crippen molar-refractivity contribution in [3.63, 3.8) is 0 Å². The van der Waals surface area contributed by atoms with Gasteiger partial charge >= 0.3 is 0 Å². The molecular formula is C22H28ClN5O2. The molecule has 0 radical (unpaired) electrons. The topological polar surface area (TPSA) is 88.2 Å². The average molecular weight is 430 g/mol. The fourth-order valence-corrected chi connectivity index (χ4v) is 4.09. The Labute approximate surface area is 182 Å². The van der Waals surface area contributed by atoms with Crippen LogP contribution in [0.15, 0.2) is 30.5 Å². The predicted octanol–water partition coefficient (Wildman–Crippen LogP) is 3.57. The van der Waals surface area contributed by atoms with Crippen molar-refractivity contribution >= 4 is 29.1 Å². The minimum atomic E-state index is -0.0319. The van der Waals surface area contributed by atoms with Gasteiger partial charge in [0.15, 0.2) is 0 Å². The van der Waals surface area contributed by atoms with Crippen LogP contribution >= 0.6 is 11.6 Å². The number of piperidine rings is 1. The van der Waals surface area contributed by atoms with Gasteiger partial charge in [-0.3, -0.25) is 4.79 Å². The lowest BCUT2D eigenvalue weighted by atomic mass is 9.99. The molecule has 0 bridgehead atoms. The van der Waals surface area contributed by atoms with Crippen molar-refractivity contribution in [3.05, 3.63) is 35.5 Å². The second kappa shape index (κ2) is 10.2. The summed E-state index contributed by atoms with van der Waals surface area (Å²) in [6.07, 6.45) is 5.61. The van der Waals surface area contributed by atoms with Crippen LogP contribution in [0.2, 0.25) is 5.02 Å². The highest BCUT2D eigenvalue weighted by atomic mass is 35.5. The van der Waals surface area contributed by atoms with Gasteiger partial charge in [0.2, 0.25) is 5.91 Å². The second-order valence-electron chi connectivity index (χ2n) is 7.93. The van der Waals surface area contributed by atoms with Crippen LogP contribution in [0.3, 0.4) is 0 Å². The summed E-state index contributed by atoms with van der Waals surface area (Å²) in [6.45, 7) is 4.21. The number of ether oxygens (including phenoxy) is 1. The third-order valence-electron chi connectivity index (χ3n) is 5.71. The normalized spacial score (nSPS) is 20.0. The van der Waals surface area contributed by atoms with E-state index in [1.807, 2.05) is 18.2 Å². The molecule has 0 aliphatic carbocycles. The second-order valence-corrected chi connectivity index (χ2v) is 8.33. The molecule has 2 saturated heterocycles. The van der Waals surface area contributed by atoms with Crippen LogP contribution in [-0.2, 0) is 9.53 Å². The van der Waals surface area contributed by atoms with Gasteiger partial charge in [-0.05, 0) is 56.3 Å². The fraction of sp³-hybridized carbons (Fsp3) is 0.500. The first-order valence-electron chi connectivity index (χ1n) is 10.7. The number of nitrogens with one attached hydrogen (secondary N) is 3. The first-order valence-corrected chi connectivity index (χ1v) is 11.0. The lowest BCUT2D eigenvalue weighted by molar-refractivity contribution is -0.120. The molecule has 1 atom stereocenters. The smallest absolute Gasteiger partial charge is 0.229 e. The molecule has 2 aliphatic heterocycles. The van der Waals surface area contributed by atoms with Gasteiger partial charge in [-0.15, -0.1) is 0 Å². The number of hydrogen-bond donors (Lipinski definition) is 3. The van der Waals surface area contributed by atoms with E-state index in [0.29, 0.717) is 23.3 Å². The maximum Gasteiger partial charge on any atom is 0.229 e. The van der Waals surface area contributed by atoms with E-state index >= 15 is 0 Å². The summed E-state index contributed by atoms with van der Waals surface area (Å²) < 4.78 is 5.42. The lowest BCUT2D eigenvalue weighted by Crippen LogP contribution is -2.37. The van der Waals surface area contributed by atoms with Gasteiger partial charge in [0.25, 0.3) is 0 Å². The van der Waals surface area contributed by atoms with Crippen LogP contribution in [0, 0.1) is 11.8 Å². The number of carbonyl (C=O) groups excluding carboxylic acids is 1. The van der Waals surface area contributed by atoms with Crippen LogP contribution < -0.4 is 16.0 Å². The number of nitrogens with zero attached hydrogens (tertiary/aromatic N) is 2. The number of amides is 1. The summed E-state index contributed by atoms with van der Waals surface area (Å²) in [5, 5.41) is 10.1. The van der Waals surface area contributed by atoms with Crippen LogP contribution in [-0.4, -0.2) is 48.7 Å². The van der Waals surface area contributed by atoms with Gasteiger partial charge in [0.05, 0.1) is 16.6 Å². The molecule has 4 rings (SSSR count). The molecule has 0 aromatic carbocycles. The van der Waals surface area contributed by atoms with E-state index in [1.165, 1.54) is 0 Å². The van der Waals surface area contributed by atoms with Crippen molar-refractivity contribution in [3.8, 4) is 11.3 Å². The molecule has 3 N–H and O–H groups in total. The standard InChI is InChI=1S/C22H28ClN5O2/c23-18-14-26-21(28-22(29)16-3-2-8-24-13-16)11-17(18)19-4-1-5-20(27-19)25-12-15-6-9-30-10-7-15/h1,4-5,11,14-16,24H,2-3,6-10,12-13H2,(H,25,27)(H,26,28,29). The Morgan fingerprint density at radius 3 is 2.90 bits per heavy atom. The molecule has 2 fully saturated rings. The van der Waals surface area contributed by atoms with E-state index in [2.05, 4.69) is 20.9 Å². The van der Waals surface area contributed by atoms with Crippen molar-refractivity contribution in [1.29, 1.82) is 0 Å². The summed E-state index contributed by atoms with van der Waals surface area (Å²) in [6, 6.07) is 7.62. The van der Waals surface area contributed by atoms with Gasteiger partial charge in [-0.1, -0.05) is 17.7 Å². The van der Waals surface area contributed by atoms with Crippen LogP contribution in [0.4, 0.5) is 11.6 Å². The van der Waals surface area contributed by atoms with Crippen molar-refractivity contribution in [2.75, 3.05) is 43.5 Å². The average Bonchev–Trinajstić information content (AvgIpc) is 2.80. The van der Waals surface area contributed by atoms with E-state index < -0.39 is 0 Å². The number of pyridine rings is 2. The molecule has 30 heavy (non-hydrogen) atoms. The monoisotopic (exact) mass is 429 g/mol. The Hall–Kier alpha value is -2.22. The third-order valence-corrected chi connectivity index (χ3v) is 6.01. The van der Waals surface area contributed by atoms with E-state index in [0.717, 1.165) is 69.1 Å². The molecule has 0 saturated carbocycles. The summed E-state index contributed by atoms with van der Waals surface area (Å²) in [5.41, 5.74) is 1.49. The van der Waals surface area contributed by atoms with Gasteiger partial charge in [0, 0.05) is 38.1 Å². The Morgan fingerprint density at radius 1 is 1.23 bits per heavy atom. The number of halogens is 1. The molecule has 8 heteroatoms. The Balaban J connectivity index is 1.45. The summed E-state index contributed by atoms with van der Waals surface area (Å²) in [7, 11) is 0. The molecule has 2 aromatic rings. The Kier molecular flexibility index (Phi) is 7.15. The number of hydrogen-bond acceptors (Lipinski definition) is 6. The van der Waals surface area contributed by atoms with E-state index in [-0.39, 0.29) is 11.8 Å². The van der Waals surface area contributed by atoms with Crippen LogP contribution in [0.5, 0.6) is 0 Å². The van der Waals surface area contributed by atoms with Crippen molar-refractivity contribution in [2.45, 2.75) is 25.7 Å². The molecule has 4 heterocycles. The number of rotatable bonds is 6. The van der Waals surface area contributed by atoms with Gasteiger partial charge in [-0.2, -0.15) is 0 Å². The summed E-state index contributed by atoms with van der Waals surface area (Å²) in [5.74, 6) is 1.86. The molecular weight excluding hydrogens is 402 g/mol. The molecule has 2 aromatic heterocycles. The Morgan fingerprint density at radius 2 is 2.10 bits per heavy atom. The van der Waals surface area contributed by atoms with Gasteiger partial charge < -0.3 is 20.7 Å². The van der Waals surface area contributed by atoms with Crippen molar-refractivity contribution in [2.24, 2.45) is 11.8 Å². The third kappa shape index (κ3) is 5.47. The van der Waals surface area contributed by atoms with E-state index in [1.54, 1.807) is 12.3 Å². The molecule has 7 nitrogen and oxygen atoms in total. The largest absolute Gasteiger partial charge is 0.381 e. The maximum absolute atomic E-state index is 12.5. The molecule has 160 valence electrons. The zero-order valence-electron chi connectivity index (χ0n) is 17.0. The van der Waals surface area contributed by atoms with Crippen molar-refractivity contribution in [1.82, 2.24) is 15.3 Å². The first-order chi connectivity index (χ1) is 14.7. The predicted molar refractivity (Wildman–Crippen MR) is 119 cm³/mol. The quantitative estimate of drug-likeness (QED) is 0.650. The Bertz CT molecular complexity index is 866. The maximum atomic E-state index is 12.5. The first kappa shape index (κ1) is 21.0. The van der Waals surface area contributed by atoms with Crippen LogP contribution in [0.1, 0.15) is 25.7 Å². The molecule has 2 aliphatic rings.